The van der Waals surface area contributed by atoms with Crippen LogP contribution in [0.3, 0.4) is 0 Å². The number of benzene rings is 1. The minimum Gasteiger partial charge on any atom is -0.469 e. The summed E-state index contributed by atoms with van der Waals surface area (Å²) in [7, 11) is 1.32. The molecule has 0 atom stereocenters. The molecule has 2 aromatic rings. The molecule has 0 spiro atoms. The van der Waals surface area contributed by atoms with Crippen molar-refractivity contribution < 1.29 is 9.53 Å². The molecule has 4 heteroatoms. The average Bonchev–Trinajstić information content (AvgIpc) is 2.50. The van der Waals surface area contributed by atoms with Crippen LogP contribution in [0, 0.1) is 0 Å². The largest absolute Gasteiger partial charge is 0.469 e. The molecule has 4 nitrogen and oxygen atoms in total. The highest BCUT2D eigenvalue weighted by Crippen LogP contribution is 2.26. The number of aromatic nitrogens is 1. The summed E-state index contributed by atoms with van der Waals surface area (Å²) in [6.45, 7) is 6.95. The van der Waals surface area contributed by atoms with Crippen LogP contribution in [0.25, 0.3) is 0 Å². The number of esters is 1. The highest BCUT2D eigenvalue weighted by atomic mass is 16.5. The van der Waals surface area contributed by atoms with E-state index in [0.29, 0.717) is 12.1 Å². The fraction of sp³-hybridized carbons (Fsp3) is 0.368. The Balaban J connectivity index is 2.37. The number of hydrogen-bond donors (Lipinski definition) is 0. The summed E-state index contributed by atoms with van der Waals surface area (Å²) >= 11 is 0. The summed E-state index contributed by atoms with van der Waals surface area (Å²) in [5.74, 6) is -0.407. The number of carbonyl (C=O) groups is 1. The van der Waals surface area contributed by atoms with E-state index < -0.39 is 5.97 Å². The van der Waals surface area contributed by atoms with Gasteiger partial charge in [-0.1, -0.05) is 51.1 Å². The molecule has 0 aliphatic carbocycles. The van der Waals surface area contributed by atoms with Gasteiger partial charge in [-0.3, -0.25) is 9.59 Å². The van der Waals surface area contributed by atoms with Gasteiger partial charge in [-0.15, -0.1) is 0 Å². The van der Waals surface area contributed by atoms with E-state index in [1.54, 1.807) is 22.9 Å². The highest BCUT2D eigenvalue weighted by Gasteiger charge is 2.18. The van der Waals surface area contributed by atoms with Gasteiger partial charge in [-0.25, -0.2) is 0 Å². The fourth-order valence-corrected chi connectivity index (χ4v) is 2.65. The number of rotatable bonds is 4. The standard InChI is InChI=1S/C19H23NO3/c1-19(2,3)16-10-6-5-8-15(16)13-20-11-7-9-14(18(20)22)12-17(21)23-4/h5-11H,12-13H2,1-4H3. The smallest absolute Gasteiger partial charge is 0.310 e. The van der Waals surface area contributed by atoms with Crippen LogP contribution in [0.2, 0.25) is 0 Å². The number of hydrogen-bond acceptors (Lipinski definition) is 3. The van der Waals surface area contributed by atoms with Gasteiger partial charge in [0, 0.05) is 11.8 Å². The lowest BCUT2D eigenvalue weighted by molar-refractivity contribution is -0.139. The Morgan fingerprint density at radius 3 is 2.39 bits per heavy atom. The Morgan fingerprint density at radius 1 is 1.09 bits per heavy atom. The van der Waals surface area contributed by atoms with Crippen molar-refractivity contribution in [2.75, 3.05) is 7.11 Å². The highest BCUT2D eigenvalue weighted by molar-refractivity contribution is 5.72. The van der Waals surface area contributed by atoms with Crippen molar-refractivity contribution in [3.05, 3.63) is 69.6 Å². The van der Waals surface area contributed by atoms with Crippen LogP contribution in [0.15, 0.2) is 47.4 Å². The van der Waals surface area contributed by atoms with Gasteiger partial charge in [0.15, 0.2) is 0 Å². The van der Waals surface area contributed by atoms with Crippen LogP contribution in [0.4, 0.5) is 0 Å². The molecule has 0 unspecified atom stereocenters. The third-order valence-corrected chi connectivity index (χ3v) is 3.83. The van der Waals surface area contributed by atoms with Crippen LogP contribution in [-0.4, -0.2) is 17.6 Å². The Morgan fingerprint density at radius 2 is 1.74 bits per heavy atom. The summed E-state index contributed by atoms with van der Waals surface area (Å²) in [6.07, 6.45) is 1.75. The molecule has 23 heavy (non-hydrogen) atoms. The van der Waals surface area contributed by atoms with E-state index >= 15 is 0 Å². The summed E-state index contributed by atoms with van der Waals surface area (Å²) < 4.78 is 6.29. The molecule has 0 N–H and O–H groups in total. The maximum atomic E-state index is 12.5. The molecule has 0 amide bonds. The van der Waals surface area contributed by atoms with Crippen molar-refractivity contribution in [2.45, 2.75) is 39.2 Å². The van der Waals surface area contributed by atoms with Crippen molar-refractivity contribution in [3.63, 3.8) is 0 Å². The molecule has 0 saturated carbocycles. The van der Waals surface area contributed by atoms with Gasteiger partial charge in [-0.05, 0) is 22.6 Å². The third kappa shape index (κ3) is 4.09. The minimum atomic E-state index is -0.407. The molecule has 0 fully saturated rings. The van der Waals surface area contributed by atoms with Gasteiger partial charge in [-0.2, -0.15) is 0 Å². The first-order valence-electron chi connectivity index (χ1n) is 7.66. The normalized spacial score (nSPS) is 11.3. The summed E-state index contributed by atoms with van der Waals surface area (Å²) in [5.41, 5.74) is 2.63. The molecule has 0 aliphatic heterocycles. The molecule has 0 saturated heterocycles. The van der Waals surface area contributed by atoms with Gasteiger partial charge < -0.3 is 9.30 Å². The predicted octanol–water partition coefficient (Wildman–Crippen LogP) is 2.91. The van der Waals surface area contributed by atoms with Crippen molar-refractivity contribution >= 4 is 5.97 Å². The molecule has 122 valence electrons. The topological polar surface area (TPSA) is 48.3 Å². The first kappa shape index (κ1) is 17.0. The first-order valence-corrected chi connectivity index (χ1v) is 7.66. The van der Waals surface area contributed by atoms with Crippen LogP contribution < -0.4 is 5.56 Å². The molecule has 0 bridgehead atoms. The zero-order chi connectivity index (χ0) is 17.0. The van der Waals surface area contributed by atoms with E-state index in [9.17, 15) is 9.59 Å². The molecule has 0 radical (unpaired) electrons. The zero-order valence-electron chi connectivity index (χ0n) is 14.1. The molecular weight excluding hydrogens is 290 g/mol. The fourth-order valence-electron chi connectivity index (χ4n) is 2.65. The molecule has 1 aromatic heterocycles. The lowest BCUT2D eigenvalue weighted by atomic mass is 9.84. The summed E-state index contributed by atoms with van der Waals surface area (Å²) in [5, 5.41) is 0. The maximum absolute atomic E-state index is 12.5. The molecule has 1 heterocycles. The maximum Gasteiger partial charge on any atom is 0.310 e. The van der Waals surface area contributed by atoms with Gasteiger partial charge in [0.05, 0.1) is 20.1 Å². The van der Waals surface area contributed by atoms with Crippen molar-refractivity contribution in [1.29, 1.82) is 0 Å². The van der Waals surface area contributed by atoms with Gasteiger partial charge >= 0.3 is 5.97 Å². The van der Waals surface area contributed by atoms with Gasteiger partial charge in [0.1, 0.15) is 0 Å². The number of ether oxygens (including phenoxy) is 1. The second-order valence-electron chi connectivity index (χ2n) is 6.63. The Hall–Kier alpha value is -2.36. The van der Waals surface area contributed by atoms with Crippen LogP contribution >= 0.6 is 0 Å². The number of carbonyl (C=O) groups excluding carboxylic acids is 1. The number of pyridine rings is 1. The summed E-state index contributed by atoms with van der Waals surface area (Å²) in [4.78, 5) is 24.0. The molecule has 1 aromatic carbocycles. The van der Waals surface area contributed by atoms with E-state index in [1.807, 2.05) is 18.2 Å². The quantitative estimate of drug-likeness (QED) is 0.816. The van der Waals surface area contributed by atoms with E-state index in [0.717, 1.165) is 5.56 Å². The van der Waals surface area contributed by atoms with E-state index in [2.05, 4.69) is 31.6 Å². The number of nitrogens with zero attached hydrogens (tertiary/aromatic N) is 1. The summed E-state index contributed by atoms with van der Waals surface area (Å²) in [6, 6.07) is 11.6. The van der Waals surface area contributed by atoms with E-state index in [4.69, 9.17) is 0 Å². The Labute approximate surface area is 136 Å². The third-order valence-electron chi connectivity index (χ3n) is 3.83. The van der Waals surface area contributed by atoms with Crippen molar-refractivity contribution in [1.82, 2.24) is 4.57 Å². The van der Waals surface area contributed by atoms with E-state index in [-0.39, 0.29) is 17.4 Å². The molecule has 2 rings (SSSR count). The number of methoxy groups -OCH3 is 1. The second-order valence-corrected chi connectivity index (χ2v) is 6.63. The Bertz CT molecular complexity index is 754. The van der Waals surface area contributed by atoms with Crippen LogP contribution in [0.5, 0.6) is 0 Å². The lowest BCUT2D eigenvalue weighted by Gasteiger charge is -2.23. The average molecular weight is 313 g/mol. The van der Waals surface area contributed by atoms with Crippen molar-refractivity contribution in [3.8, 4) is 0 Å². The Kier molecular flexibility index (Phi) is 5.04. The molecule has 0 aliphatic rings. The van der Waals surface area contributed by atoms with Gasteiger partial charge in [0.2, 0.25) is 0 Å². The lowest BCUT2D eigenvalue weighted by Crippen LogP contribution is -2.26. The zero-order valence-corrected chi connectivity index (χ0v) is 14.1. The monoisotopic (exact) mass is 313 g/mol. The first-order chi connectivity index (χ1) is 10.8. The second kappa shape index (κ2) is 6.82. The van der Waals surface area contributed by atoms with E-state index in [1.165, 1.54) is 12.7 Å². The minimum absolute atomic E-state index is 0.00289. The SMILES string of the molecule is COC(=O)Cc1cccn(Cc2ccccc2C(C)(C)C)c1=O. The van der Waals surface area contributed by atoms with Crippen molar-refractivity contribution in [2.24, 2.45) is 0 Å². The predicted molar refractivity (Wildman–Crippen MR) is 90.7 cm³/mol. The van der Waals surface area contributed by atoms with Crippen LogP contribution in [0.1, 0.15) is 37.5 Å². The molecular formula is C19H23NO3. The van der Waals surface area contributed by atoms with Crippen LogP contribution in [-0.2, 0) is 27.9 Å². The van der Waals surface area contributed by atoms with Gasteiger partial charge in [0.25, 0.3) is 5.56 Å².